The van der Waals surface area contributed by atoms with Gasteiger partial charge in [0.25, 0.3) is 5.82 Å². The van der Waals surface area contributed by atoms with Crippen LogP contribution < -0.4 is 0 Å². The minimum Gasteiger partial charge on any atom is -0.463 e. The number of nitrogens with zero attached hydrogens (tertiary/aromatic N) is 3. The van der Waals surface area contributed by atoms with Crippen LogP contribution in [0.3, 0.4) is 0 Å². The largest absolute Gasteiger partial charge is 0.463 e. The number of esters is 1. The molecule has 1 aromatic rings. The lowest BCUT2D eigenvalue weighted by Crippen LogP contribution is -2.19. The van der Waals surface area contributed by atoms with Gasteiger partial charge in [-0.15, -0.1) is 5.10 Å². The Labute approximate surface area is 92.6 Å². The number of rotatable bonds is 2. The molecule has 1 fully saturated rings. The second-order valence-electron chi connectivity index (χ2n) is 3.83. The molecule has 1 atom stereocenters. The van der Waals surface area contributed by atoms with E-state index in [0.717, 1.165) is 12.8 Å². The fourth-order valence-corrected chi connectivity index (χ4v) is 1.86. The van der Waals surface area contributed by atoms with Gasteiger partial charge in [-0.3, -0.25) is 4.79 Å². The highest BCUT2D eigenvalue weighted by molar-refractivity contribution is 5.84. The summed E-state index contributed by atoms with van der Waals surface area (Å²) in [6, 6.07) is 0.0344. The lowest BCUT2D eigenvalue weighted by atomic mass is 9.95. The Morgan fingerprint density at radius 1 is 1.62 bits per heavy atom. The topological polar surface area (TPSA) is 74.1 Å². The smallest absolute Gasteiger partial charge is 0.377 e. The summed E-state index contributed by atoms with van der Waals surface area (Å²) in [5.41, 5.74) is 0. The fraction of sp³-hybridized carbons (Fsp3) is 0.600. The van der Waals surface area contributed by atoms with Crippen LogP contribution in [0.25, 0.3) is 0 Å². The van der Waals surface area contributed by atoms with Crippen LogP contribution in [0.1, 0.15) is 42.3 Å². The molecule has 1 aromatic heterocycles. The first-order valence-corrected chi connectivity index (χ1v) is 5.22. The van der Waals surface area contributed by atoms with E-state index in [-0.39, 0.29) is 17.6 Å². The van der Waals surface area contributed by atoms with E-state index in [4.69, 9.17) is 0 Å². The van der Waals surface area contributed by atoms with Gasteiger partial charge in [0.15, 0.2) is 0 Å². The number of Topliss-reactive ketones (excluding diaryl/α,β-unsaturated/α-hetero) is 1. The van der Waals surface area contributed by atoms with Crippen molar-refractivity contribution < 1.29 is 14.3 Å². The summed E-state index contributed by atoms with van der Waals surface area (Å²) >= 11 is 0. The first-order valence-electron chi connectivity index (χ1n) is 5.22. The van der Waals surface area contributed by atoms with Crippen molar-refractivity contribution in [1.29, 1.82) is 0 Å². The molecular weight excluding hydrogens is 210 g/mol. The number of methoxy groups -OCH3 is 1. The van der Waals surface area contributed by atoms with Crippen molar-refractivity contribution in [2.24, 2.45) is 0 Å². The molecule has 0 aromatic carbocycles. The maximum absolute atomic E-state index is 11.3. The Morgan fingerprint density at radius 2 is 2.44 bits per heavy atom. The van der Waals surface area contributed by atoms with Gasteiger partial charge in [-0.25, -0.2) is 14.5 Å². The Balaban J connectivity index is 2.12. The Morgan fingerprint density at radius 3 is 3.12 bits per heavy atom. The van der Waals surface area contributed by atoms with E-state index >= 15 is 0 Å². The second kappa shape index (κ2) is 4.42. The van der Waals surface area contributed by atoms with Crippen molar-refractivity contribution in [3.8, 4) is 0 Å². The maximum atomic E-state index is 11.3. The molecule has 0 N–H and O–H groups in total. The third-order valence-corrected chi connectivity index (χ3v) is 2.71. The Hall–Kier alpha value is -1.72. The molecule has 16 heavy (non-hydrogen) atoms. The van der Waals surface area contributed by atoms with Gasteiger partial charge < -0.3 is 4.74 Å². The van der Waals surface area contributed by atoms with E-state index in [1.807, 2.05) is 0 Å². The van der Waals surface area contributed by atoms with Crippen molar-refractivity contribution in [3.05, 3.63) is 12.2 Å². The number of hydrogen-bond donors (Lipinski definition) is 0. The molecule has 6 heteroatoms. The molecular formula is C10H13N3O3. The van der Waals surface area contributed by atoms with Gasteiger partial charge in [-0.2, -0.15) is 0 Å². The van der Waals surface area contributed by atoms with Gasteiger partial charge in [0.1, 0.15) is 12.1 Å². The zero-order valence-corrected chi connectivity index (χ0v) is 9.05. The van der Waals surface area contributed by atoms with Crippen molar-refractivity contribution in [2.75, 3.05) is 7.11 Å². The predicted molar refractivity (Wildman–Crippen MR) is 53.9 cm³/mol. The lowest BCUT2D eigenvalue weighted by Gasteiger charge is -2.20. The third-order valence-electron chi connectivity index (χ3n) is 2.71. The molecule has 1 aliphatic carbocycles. The predicted octanol–water partition coefficient (Wildman–Crippen LogP) is 0.749. The molecule has 0 saturated heterocycles. The number of carbonyl (C=O) groups excluding carboxylic acids is 2. The van der Waals surface area contributed by atoms with Gasteiger partial charge in [0, 0.05) is 12.8 Å². The normalized spacial score (nSPS) is 20.8. The lowest BCUT2D eigenvalue weighted by molar-refractivity contribution is -0.121. The molecule has 1 heterocycles. The van der Waals surface area contributed by atoms with Crippen molar-refractivity contribution in [3.63, 3.8) is 0 Å². The molecule has 6 nitrogen and oxygen atoms in total. The van der Waals surface area contributed by atoms with Crippen LogP contribution in [-0.2, 0) is 9.53 Å². The highest BCUT2D eigenvalue weighted by Gasteiger charge is 2.23. The zero-order valence-electron chi connectivity index (χ0n) is 9.05. The summed E-state index contributed by atoms with van der Waals surface area (Å²) in [5, 5.41) is 4.02. The minimum absolute atomic E-state index is 0.0344. The average Bonchev–Trinajstić information content (AvgIpc) is 2.77. The minimum atomic E-state index is -0.555. The van der Waals surface area contributed by atoms with Gasteiger partial charge in [-0.1, -0.05) is 0 Å². The monoisotopic (exact) mass is 223 g/mol. The van der Waals surface area contributed by atoms with Gasteiger partial charge in [-0.05, 0) is 12.8 Å². The molecule has 1 saturated carbocycles. The van der Waals surface area contributed by atoms with E-state index in [9.17, 15) is 9.59 Å². The summed E-state index contributed by atoms with van der Waals surface area (Å²) < 4.78 is 6.10. The Bertz CT molecular complexity index is 413. The van der Waals surface area contributed by atoms with E-state index in [2.05, 4.69) is 14.8 Å². The third kappa shape index (κ3) is 2.10. The number of hydrogen-bond acceptors (Lipinski definition) is 5. The summed E-state index contributed by atoms with van der Waals surface area (Å²) in [4.78, 5) is 26.3. The standard InChI is InChI=1S/C10H13N3O3/c1-16-10(15)9-11-6-13(12-9)7-3-2-4-8(14)5-7/h6-7H,2-5H2,1H3. The number of aromatic nitrogens is 3. The first-order chi connectivity index (χ1) is 7.70. The summed E-state index contributed by atoms with van der Waals surface area (Å²) in [6.45, 7) is 0. The highest BCUT2D eigenvalue weighted by Crippen LogP contribution is 2.24. The van der Waals surface area contributed by atoms with Crippen LogP contribution in [0.15, 0.2) is 6.33 Å². The van der Waals surface area contributed by atoms with Crippen molar-refractivity contribution >= 4 is 11.8 Å². The van der Waals surface area contributed by atoms with E-state index in [1.54, 1.807) is 4.68 Å². The Kier molecular flexibility index (Phi) is 2.98. The number of carbonyl (C=O) groups is 2. The summed E-state index contributed by atoms with van der Waals surface area (Å²) in [5.74, 6) is -0.271. The van der Waals surface area contributed by atoms with Gasteiger partial charge in [0.05, 0.1) is 13.2 Å². The van der Waals surface area contributed by atoms with Crippen LogP contribution in [0, 0.1) is 0 Å². The molecule has 86 valence electrons. The van der Waals surface area contributed by atoms with Crippen LogP contribution in [0.5, 0.6) is 0 Å². The number of ketones is 1. The van der Waals surface area contributed by atoms with Crippen LogP contribution in [0.4, 0.5) is 0 Å². The molecule has 0 amide bonds. The molecule has 0 aliphatic heterocycles. The van der Waals surface area contributed by atoms with Crippen molar-refractivity contribution in [1.82, 2.24) is 14.8 Å². The second-order valence-corrected chi connectivity index (χ2v) is 3.83. The van der Waals surface area contributed by atoms with E-state index in [0.29, 0.717) is 12.8 Å². The molecule has 0 radical (unpaired) electrons. The number of ether oxygens (including phenoxy) is 1. The average molecular weight is 223 g/mol. The highest BCUT2D eigenvalue weighted by atomic mass is 16.5. The molecule has 1 unspecified atom stereocenters. The summed E-state index contributed by atoms with van der Waals surface area (Å²) in [6.07, 6.45) is 4.38. The molecule has 0 bridgehead atoms. The van der Waals surface area contributed by atoms with Crippen LogP contribution in [-0.4, -0.2) is 33.6 Å². The van der Waals surface area contributed by atoms with E-state index < -0.39 is 5.97 Å². The first kappa shape index (κ1) is 10.8. The molecule has 2 rings (SSSR count). The molecule has 0 spiro atoms. The van der Waals surface area contributed by atoms with Crippen LogP contribution in [0.2, 0.25) is 0 Å². The van der Waals surface area contributed by atoms with Crippen LogP contribution >= 0.6 is 0 Å². The molecule has 1 aliphatic rings. The van der Waals surface area contributed by atoms with Gasteiger partial charge >= 0.3 is 5.97 Å². The summed E-state index contributed by atoms with van der Waals surface area (Å²) in [7, 11) is 1.28. The maximum Gasteiger partial charge on any atom is 0.377 e. The van der Waals surface area contributed by atoms with Crippen molar-refractivity contribution in [2.45, 2.75) is 31.7 Å². The zero-order chi connectivity index (χ0) is 11.5. The quantitative estimate of drug-likeness (QED) is 0.691. The fourth-order valence-electron chi connectivity index (χ4n) is 1.86. The van der Waals surface area contributed by atoms with Gasteiger partial charge in [0.2, 0.25) is 0 Å². The van der Waals surface area contributed by atoms with E-state index in [1.165, 1.54) is 13.4 Å². The SMILES string of the molecule is COC(=O)c1ncn(C2CCCC(=O)C2)n1.